The number of nitrogens with one attached hydrogen (secondary N) is 1. The topological polar surface area (TPSA) is 104 Å². The first-order valence-corrected chi connectivity index (χ1v) is 13.6. The second-order valence-electron chi connectivity index (χ2n) is 8.07. The summed E-state index contributed by atoms with van der Waals surface area (Å²) in [5, 5.41) is 3.37. The minimum absolute atomic E-state index is 0.108. The van der Waals surface area contributed by atoms with E-state index in [1.165, 1.54) is 30.0 Å². The maximum atomic E-state index is 13.5. The van der Waals surface area contributed by atoms with E-state index in [0.29, 0.717) is 34.1 Å². The van der Waals surface area contributed by atoms with Crippen LogP contribution in [-0.2, 0) is 26.2 Å². The summed E-state index contributed by atoms with van der Waals surface area (Å²) < 4.78 is 26.2. The van der Waals surface area contributed by atoms with E-state index in [1.807, 2.05) is 6.92 Å². The maximum Gasteiger partial charge on any atom is 0.244 e. The summed E-state index contributed by atoms with van der Waals surface area (Å²) in [6.07, 6.45) is 1.67. The fourth-order valence-electron chi connectivity index (χ4n) is 3.33. The summed E-state index contributed by atoms with van der Waals surface area (Å²) in [6.45, 7) is 4.54. The molecule has 0 spiro atoms. The highest BCUT2D eigenvalue weighted by Crippen LogP contribution is 2.27. The second kappa shape index (κ2) is 12.4. The summed E-state index contributed by atoms with van der Waals surface area (Å²) in [6, 6.07) is 9.94. The van der Waals surface area contributed by atoms with E-state index in [0.717, 1.165) is 10.6 Å². The molecular weight excluding hydrogens is 513 g/mol. The van der Waals surface area contributed by atoms with Crippen LogP contribution < -0.4 is 9.62 Å². The zero-order valence-corrected chi connectivity index (χ0v) is 22.4. The number of hydrogen-bond acceptors (Lipinski definition) is 5. The fourth-order valence-corrected chi connectivity index (χ4v) is 4.68. The summed E-state index contributed by atoms with van der Waals surface area (Å²) in [5.41, 5.74) is 0.895. The van der Waals surface area contributed by atoms with Gasteiger partial charge in [-0.1, -0.05) is 48.3 Å². The van der Waals surface area contributed by atoms with Crippen molar-refractivity contribution in [2.45, 2.75) is 39.8 Å². The van der Waals surface area contributed by atoms with E-state index in [-0.39, 0.29) is 18.0 Å². The van der Waals surface area contributed by atoms with Gasteiger partial charge in [-0.25, -0.2) is 8.42 Å². The van der Waals surface area contributed by atoms with Crippen molar-refractivity contribution in [1.82, 2.24) is 10.2 Å². The Hall–Kier alpha value is -2.62. The smallest absolute Gasteiger partial charge is 0.244 e. The molecule has 190 valence electrons. The molecule has 0 bridgehead atoms. The van der Waals surface area contributed by atoms with Crippen molar-refractivity contribution in [3.05, 3.63) is 63.6 Å². The van der Waals surface area contributed by atoms with Crippen LogP contribution in [0.2, 0.25) is 10.0 Å². The number of carbonyl (C=O) groups is 3. The normalized spacial score (nSPS) is 12.1. The van der Waals surface area contributed by atoms with E-state index in [1.54, 1.807) is 31.2 Å². The van der Waals surface area contributed by atoms with E-state index in [4.69, 9.17) is 23.2 Å². The summed E-state index contributed by atoms with van der Waals surface area (Å²) in [4.78, 5) is 39.3. The lowest BCUT2D eigenvalue weighted by molar-refractivity contribution is -0.139. The number of carbonyl (C=O) groups excluding carboxylic acids is 3. The number of rotatable bonds is 11. The Bertz CT molecular complexity index is 1180. The van der Waals surface area contributed by atoms with Crippen molar-refractivity contribution >= 4 is 56.5 Å². The first-order chi connectivity index (χ1) is 16.4. The van der Waals surface area contributed by atoms with E-state index < -0.39 is 34.4 Å². The zero-order valence-electron chi connectivity index (χ0n) is 20.0. The highest BCUT2D eigenvalue weighted by atomic mass is 35.5. The quantitative estimate of drug-likeness (QED) is 0.434. The highest BCUT2D eigenvalue weighted by molar-refractivity contribution is 7.92. The van der Waals surface area contributed by atoms with Crippen LogP contribution in [-0.4, -0.2) is 56.3 Å². The average molecular weight is 542 g/mol. The number of nitrogens with zero attached hydrogens (tertiary/aromatic N) is 2. The van der Waals surface area contributed by atoms with E-state index in [2.05, 4.69) is 5.32 Å². The molecule has 0 heterocycles. The molecular formula is C24H29Cl2N3O5S. The van der Waals surface area contributed by atoms with Crippen LogP contribution in [0.4, 0.5) is 5.69 Å². The van der Waals surface area contributed by atoms with Crippen LogP contribution in [0.1, 0.15) is 43.1 Å². The van der Waals surface area contributed by atoms with Gasteiger partial charge in [0.1, 0.15) is 12.6 Å². The predicted octanol–water partition coefficient (Wildman–Crippen LogP) is 3.91. The number of ketones is 1. The lowest BCUT2D eigenvalue weighted by Gasteiger charge is -2.32. The van der Waals surface area contributed by atoms with Gasteiger partial charge in [0.05, 0.1) is 11.9 Å². The van der Waals surface area contributed by atoms with E-state index in [9.17, 15) is 22.8 Å². The Labute approximate surface area is 216 Å². The molecule has 0 aliphatic heterocycles. The molecule has 2 rings (SSSR count). The molecule has 35 heavy (non-hydrogen) atoms. The van der Waals surface area contributed by atoms with Crippen molar-refractivity contribution in [3.8, 4) is 0 Å². The summed E-state index contributed by atoms with van der Waals surface area (Å²) in [7, 11) is -3.92. The standard InChI is InChI=1S/C24H29Cl2N3O5S/c1-5-12-27-24(32)16(2)28(14-20-21(25)10-7-11-22(20)26)23(31)15-29(35(4,33)34)19-9-6-8-18(13-19)17(3)30/h6-11,13,16H,5,12,14-15H2,1-4H3,(H,27,32). The Kier molecular flexibility index (Phi) is 10.1. The SMILES string of the molecule is CCCNC(=O)C(C)N(Cc1c(Cl)cccc1Cl)C(=O)CN(c1cccc(C(C)=O)c1)S(C)(=O)=O. The molecule has 0 fully saturated rings. The van der Waals surface area contributed by atoms with Crippen molar-refractivity contribution in [3.63, 3.8) is 0 Å². The number of sulfonamides is 1. The van der Waals surface area contributed by atoms with Gasteiger partial charge in [0, 0.05) is 34.3 Å². The minimum Gasteiger partial charge on any atom is -0.354 e. The number of hydrogen-bond donors (Lipinski definition) is 1. The average Bonchev–Trinajstić information content (AvgIpc) is 2.79. The van der Waals surface area contributed by atoms with Crippen LogP contribution >= 0.6 is 23.2 Å². The third-order valence-electron chi connectivity index (χ3n) is 5.33. The number of halogens is 2. The van der Waals surface area contributed by atoms with Crippen LogP contribution in [0.3, 0.4) is 0 Å². The molecule has 0 radical (unpaired) electrons. The van der Waals surface area contributed by atoms with Crippen LogP contribution in [0.5, 0.6) is 0 Å². The van der Waals surface area contributed by atoms with Gasteiger partial charge in [-0.15, -0.1) is 0 Å². The highest BCUT2D eigenvalue weighted by Gasteiger charge is 2.31. The van der Waals surface area contributed by atoms with Crippen LogP contribution in [0.25, 0.3) is 0 Å². The zero-order chi connectivity index (χ0) is 26.3. The molecule has 1 unspecified atom stereocenters. The van der Waals surface area contributed by atoms with Crippen molar-refractivity contribution in [1.29, 1.82) is 0 Å². The Morgan fingerprint density at radius 1 is 1.06 bits per heavy atom. The Morgan fingerprint density at radius 2 is 1.66 bits per heavy atom. The lowest BCUT2D eigenvalue weighted by atomic mass is 10.1. The van der Waals surface area contributed by atoms with Gasteiger partial charge in [-0.3, -0.25) is 18.7 Å². The molecule has 1 atom stereocenters. The summed E-state index contributed by atoms with van der Waals surface area (Å²) in [5.74, 6) is -1.28. The molecule has 2 amide bonds. The largest absolute Gasteiger partial charge is 0.354 e. The molecule has 1 N–H and O–H groups in total. The molecule has 0 saturated heterocycles. The van der Waals surface area contributed by atoms with Gasteiger partial charge < -0.3 is 10.2 Å². The second-order valence-corrected chi connectivity index (χ2v) is 10.8. The van der Waals surface area contributed by atoms with Crippen LogP contribution in [0.15, 0.2) is 42.5 Å². The van der Waals surface area contributed by atoms with Gasteiger partial charge in [0.25, 0.3) is 0 Å². The third-order valence-corrected chi connectivity index (χ3v) is 7.18. The molecule has 11 heteroatoms. The van der Waals surface area contributed by atoms with Gasteiger partial charge in [-0.05, 0) is 44.5 Å². The lowest BCUT2D eigenvalue weighted by Crippen LogP contribution is -2.51. The van der Waals surface area contributed by atoms with Crippen molar-refractivity contribution < 1.29 is 22.8 Å². The van der Waals surface area contributed by atoms with Crippen molar-refractivity contribution in [2.75, 3.05) is 23.7 Å². The van der Waals surface area contributed by atoms with Gasteiger partial charge in [0.2, 0.25) is 21.8 Å². The van der Waals surface area contributed by atoms with Gasteiger partial charge in [-0.2, -0.15) is 0 Å². The molecule has 8 nitrogen and oxygen atoms in total. The summed E-state index contributed by atoms with van der Waals surface area (Å²) >= 11 is 12.6. The number of benzene rings is 2. The first kappa shape index (κ1) is 28.6. The molecule has 2 aromatic rings. The third kappa shape index (κ3) is 7.68. The Morgan fingerprint density at radius 3 is 2.20 bits per heavy atom. The van der Waals surface area contributed by atoms with Crippen molar-refractivity contribution in [2.24, 2.45) is 0 Å². The molecule has 0 saturated carbocycles. The maximum absolute atomic E-state index is 13.5. The van der Waals surface area contributed by atoms with Gasteiger partial charge >= 0.3 is 0 Å². The number of amides is 2. The number of Topliss-reactive ketones (excluding diaryl/α,β-unsaturated/α-hetero) is 1. The van der Waals surface area contributed by atoms with Crippen LogP contribution in [0, 0.1) is 0 Å². The number of anilines is 1. The fraction of sp³-hybridized carbons (Fsp3) is 0.375. The van der Waals surface area contributed by atoms with Gasteiger partial charge in [0.15, 0.2) is 5.78 Å². The molecule has 0 aromatic heterocycles. The Balaban J connectivity index is 2.47. The monoisotopic (exact) mass is 541 g/mol. The predicted molar refractivity (Wildman–Crippen MR) is 138 cm³/mol. The molecule has 2 aromatic carbocycles. The molecule has 0 aliphatic rings. The minimum atomic E-state index is -3.92. The first-order valence-electron chi connectivity index (χ1n) is 11.0. The molecule has 0 aliphatic carbocycles. The van der Waals surface area contributed by atoms with E-state index >= 15 is 0 Å².